The van der Waals surface area contributed by atoms with Gasteiger partial charge in [-0.25, -0.2) is 0 Å². The van der Waals surface area contributed by atoms with E-state index in [-0.39, 0.29) is 5.43 Å². The molecule has 0 unspecified atom stereocenters. The predicted molar refractivity (Wildman–Crippen MR) is 67.2 cm³/mol. The second-order valence-corrected chi connectivity index (χ2v) is 4.26. The van der Waals surface area contributed by atoms with E-state index in [4.69, 9.17) is 4.74 Å². The zero-order chi connectivity index (χ0) is 12.0. The van der Waals surface area contributed by atoms with Crippen molar-refractivity contribution in [2.75, 3.05) is 6.61 Å². The van der Waals surface area contributed by atoms with E-state index in [1.54, 1.807) is 12.1 Å². The summed E-state index contributed by atoms with van der Waals surface area (Å²) in [7, 11) is 0. The van der Waals surface area contributed by atoms with Crippen molar-refractivity contribution in [1.82, 2.24) is 0 Å². The average molecular weight is 220 g/mol. The van der Waals surface area contributed by atoms with Crippen molar-refractivity contribution >= 4 is 0 Å². The third-order valence-electron chi connectivity index (χ3n) is 2.50. The molecule has 0 bridgehead atoms. The Bertz CT molecular complexity index is 383. The van der Waals surface area contributed by atoms with E-state index in [1.807, 2.05) is 12.1 Å². The lowest BCUT2D eigenvalue weighted by Gasteiger charge is -2.01. The van der Waals surface area contributed by atoms with Gasteiger partial charge in [-0.05, 0) is 30.0 Å². The maximum atomic E-state index is 11.8. The fourth-order valence-electron chi connectivity index (χ4n) is 1.40. The number of unbranched alkanes of at least 4 members (excludes halogenated alkanes) is 1. The minimum Gasteiger partial charge on any atom is -0.489 e. The molecule has 0 radical (unpaired) electrons. The first-order valence-corrected chi connectivity index (χ1v) is 5.92. The standard InChI is InChI=1S/C14H20O2/c1-4-5-9-16-14-8-6-7-12(11(2)3)10-13(14)15/h6-8,10-11H,4-5,9H2,1-3H3. The van der Waals surface area contributed by atoms with E-state index in [2.05, 4.69) is 20.8 Å². The molecule has 2 nitrogen and oxygen atoms in total. The highest BCUT2D eigenvalue weighted by Crippen LogP contribution is 2.12. The van der Waals surface area contributed by atoms with Crippen LogP contribution < -0.4 is 10.2 Å². The van der Waals surface area contributed by atoms with Gasteiger partial charge in [-0.1, -0.05) is 39.3 Å². The van der Waals surface area contributed by atoms with Crippen molar-refractivity contribution in [3.8, 4) is 5.75 Å². The molecule has 0 saturated carbocycles. The normalized spacial score (nSPS) is 10.5. The van der Waals surface area contributed by atoms with Crippen LogP contribution in [0.15, 0.2) is 29.1 Å². The third kappa shape index (κ3) is 3.69. The molecule has 16 heavy (non-hydrogen) atoms. The van der Waals surface area contributed by atoms with Gasteiger partial charge in [-0.3, -0.25) is 4.79 Å². The molecular formula is C14H20O2. The SMILES string of the molecule is CCCCOc1cccc(C(C)C)cc1=O. The summed E-state index contributed by atoms with van der Waals surface area (Å²) in [5.74, 6) is 0.823. The molecule has 88 valence electrons. The first-order chi connectivity index (χ1) is 7.65. The smallest absolute Gasteiger partial charge is 0.220 e. The average Bonchev–Trinajstić information content (AvgIpc) is 2.42. The van der Waals surface area contributed by atoms with Gasteiger partial charge in [0.05, 0.1) is 6.61 Å². The van der Waals surface area contributed by atoms with Crippen molar-refractivity contribution in [3.05, 3.63) is 40.1 Å². The molecule has 0 spiro atoms. The van der Waals surface area contributed by atoms with Crippen molar-refractivity contribution in [1.29, 1.82) is 0 Å². The highest BCUT2D eigenvalue weighted by atomic mass is 16.5. The maximum Gasteiger partial charge on any atom is 0.220 e. The van der Waals surface area contributed by atoms with Gasteiger partial charge in [0, 0.05) is 0 Å². The Morgan fingerprint density at radius 3 is 2.69 bits per heavy atom. The number of rotatable bonds is 5. The van der Waals surface area contributed by atoms with Crippen LogP contribution in [0.5, 0.6) is 5.75 Å². The van der Waals surface area contributed by atoms with Crippen LogP contribution in [0.4, 0.5) is 0 Å². The van der Waals surface area contributed by atoms with Gasteiger partial charge < -0.3 is 4.74 Å². The van der Waals surface area contributed by atoms with Crippen molar-refractivity contribution in [2.45, 2.75) is 39.5 Å². The topological polar surface area (TPSA) is 26.3 Å². The Balaban J connectivity index is 2.88. The van der Waals surface area contributed by atoms with Crippen molar-refractivity contribution < 1.29 is 4.74 Å². The van der Waals surface area contributed by atoms with Crippen LogP contribution in [-0.2, 0) is 0 Å². The van der Waals surface area contributed by atoms with Gasteiger partial charge in [0.1, 0.15) is 0 Å². The van der Waals surface area contributed by atoms with Gasteiger partial charge in [0.25, 0.3) is 0 Å². The molecule has 0 N–H and O–H groups in total. The van der Waals surface area contributed by atoms with E-state index in [1.165, 1.54) is 0 Å². The quantitative estimate of drug-likeness (QED) is 0.711. The molecule has 0 aliphatic carbocycles. The largest absolute Gasteiger partial charge is 0.489 e. The fraction of sp³-hybridized carbons (Fsp3) is 0.500. The minimum atomic E-state index is -0.0233. The van der Waals surface area contributed by atoms with Crippen molar-refractivity contribution in [2.24, 2.45) is 0 Å². The monoisotopic (exact) mass is 220 g/mol. The molecular weight excluding hydrogens is 200 g/mol. The summed E-state index contributed by atoms with van der Waals surface area (Å²) in [6, 6.07) is 7.28. The highest BCUT2D eigenvalue weighted by molar-refractivity contribution is 5.26. The molecule has 1 rings (SSSR count). The lowest BCUT2D eigenvalue weighted by atomic mass is 10.1. The molecule has 1 aromatic rings. The molecule has 0 amide bonds. The van der Waals surface area contributed by atoms with Gasteiger partial charge in [-0.2, -0.15) is 0 Å². The summed E-state index contributed by atoms with van der Waals surface area (Å²) in [6.45, 7) is 6.87. The predicted octanol–water partition coefficient (Wildman–Crippen LogP) is 3.35. The van der Waals surface area contributed by atoms with Crippen LogP contribution >= 0.6 is 0 Å². The van der Waals surface area contributed by atoms with E-state index in [9.17, 15) is 4.79 Å². The van der Waals surface area contributed by atoms with Crippen LogP contribution in [0, 0.1) is 0 Å². The molecule has 0 aromatic heterocycles. The highest BCUT2D eigenvalue weighted by Gasteiger charge is 2.02. The Hall–Kier alpha value is -1.31. The number of hydrogen-bond donors (Lipinski definition) is 0. The van der Waals surface area contributed by atoms with Gasteiger partial charge >= 0.3 is 0 Å². The Morgan fingerprint density at radius 2 is 2.06 bits per heavy atom. The zero-order valence-electron chi connectivity index (χ0n) is 10.3. The molecule has 0 atom stereocenters. The lowest BCUT2D eigenvalue weighted by Crippen LogP contribution is -2.06. The van der Waals surface area contributed by atoms with E-state index in [0.29, 0.717) is 18.3 Å². The minimum absolute atomic E-state index is 0.0233. The van der Waals surface area contributed by atoms with Crippen LogP contribution in [-0.4, -0.2) is 6.61 Å². The van der Waals surface area contributed by atoms with E-state index < -0.39 is 0 Å². The Labute approximate surface area is 97.3 Å². The lowest BCUT2D eigenvalue weighted by molar-refractivity contribution is 0.307. The fourth-order valence-corrected chi connectivity index (χ4v) is 1.40. The molecule has 0 aliphatic rings. The molecule has 0 heterocycles. The van der Waals surface area contributed by atoms with Gasteiger partial charge in [0.15, 0.2) is 5.75 Å². The van der Waals surface area contributed by atoms with Gasteiger partial charge in [0.2, 0.25) is 5.43 Å². The van der Waals surface area contributed by atoms with E-state index in [0.717, 1.165) is 18.4 Å². The third-order valence-corrected chi connectivity index (χ3v) is 2.50. The maximum absolute atomic E-state index is 11.8. The number of hydrogen-bond acceptors (Lipinski definition) is 2. The number of ether oxygens (including phenoxy) is 1. The first-order valence-electron chi connectivity index (χ1n) is 5.92. The van der Waals surface area contributed by atoms with Gasteiger partial charge in [-0.15, -0.1) is 0 Å². The summed E-state index contributed by atoms with van der Waals surface area (Å²) in [5.41, 5.74) is 1.03. The second-order valence-electron chi connectivity index (χ2n) is 4.26. The first kappa shape index (κ1) is 12.8. The summed E-state index contributed by atoms with van der Waals surface area (Å²) >= 11 is 0. The van der Waals surface area contributed by atoms with E-state index >= 15 is 0 Å². The Kier molecular flexibility index (Phi) is 5.03. The molecule has 2 heteroatoms. The summed E-state index contributed by atoms with van der Waals surface area (Å²) in [4.78, 5) is 11.8. The van der Waals surface area contributed by atoms with Crippen LogP contribution in [0.3, 0.4) is 0 Å². The molecule has 0 saturated heterocycles. The molecule has 0 fully saturated rings. The molecule has 0 aliphatic heterocycles. The van der Waals surface area contributed by atoms with Crippen LogP contribution in [0.1, 0.15) is 45.1 Å². The summed E-state index contributed by atoms with van der Waals surface area (Å²) < 4.78 is 5.46. The van der Waals surface area contributed by atoms with Crippen molar-refractivity contribution in [3.63, 3.8) is 0 Å². The Morgan fingerprint density at radius 1 is 1.31 bits per heavy atom. The molecule has 1 aromatic carbocycles. The summed E-state index contributed by atoms with van der Waals surface area (Å²) in [5, 5.41) is 0. The zero-order valence-corrected chi connectivity index (χ0v) is 10.3. The van der Waals surface area contributed by atoms with Crippen LogP contribution in [0.2, 0.25) is 0 Å². The van der Waals surface area contributed by atoms with Crippen LogP contribution in [0.25, 0.3) is 0 Å². The summed E-state index contributed by atoms with van der Waals surface area (Å²) in [6.07, 6.45) is 2.06. The second kappa shape index (κ2) is 6.31.